The summed E-state index contributed by atoms with van der Waals surface area (Å²) in [6, 6.07) is 3.20. The van der Waals surface area contributed by atoms with Crippen molar-refractivity contribution in [2.24, 2.45) is 17.8 Å². The molecule has 1 aromatic heterocycles. The van der Waals surface area contributed by atoms with Gasteiger partial charge in [0, 0.05) is 12.6 Å². The van der Waals surface area contributed by atoms with Crippen LogP contribution in [0.3, 0.4) is 0 Å². The van der Waals surface area contributed by atoms with Gasteiger partial charge in [-0.15, -0.1) is 0 Å². The topological polar surface area (TPSA) is 69.0 Å². The minimum atomic E-state index is -0.529. The molecule has 196 valence electrons. The van der Waals surface area contributed by atoms with Crippen LogP contribution < -0.4 is 4.74 Å². The van der Waals surface area contributed by atoms with E-state index in [-0.39, 0.29) is 18.8 Å². The van der Waals surface area contributed by atoms with E-state index in [1.807, 2.05) is 0 Å². The fourth-order valence-electron chi connectivity index (χ4n) is 3.98. The Morgan fingerprint density at radius 2 is 1.50 bits per heavy atom. The van der Waals surface area contributed by atoms with Crippen molar-refractivity contribution in [3.8, 4) is 5.95 Å². The molecule has 2 atom stereocenters. The van der Waals surface area contributed by atoms with Crippen molar-refractivity contribution in [2.75, 3.05) is 32.8 Å². The molecule has 0 saturated heterocycles. The molecule has 34 heavy (non-hydrogen) atoms. The van der Waals surface area contributed by atoms with E-state index >= 15 is 0 Å². The molecular weight excluding hydrogens is 430 g/mol. The number of Topliss-reactive ketones (excluding diaryl/α,β-unsaturated/α-hetero) is 1. The SMILES string of the molecule is CCN(CC)CCOC(=O)CC(=O)c1ccc(OCCC(C)CCCC(C)CCCC(C)C)o1. The predicted octanol–water partition coefficient (Wildman–Crippen LogP) is 6.78. The molecule has 6 nitrogen and oxygen atoms in total. The van der Waals surface area contributed by atoms with E-state index in [1.54, 1.807) is 12.1 Å². The number of hydrogen-bond acceptors (Lipinski definition) is 6. The minimum absolute atomic E-state index is 0.134. The van der Waals surface area contributed by atoms with Crippen LogP contribution in [0.25, 0.3) is 0 Å². The van der Waals surface area contributed by atoms with Crippen LogP contribution in [0.2, 0.25) is 0 Å². The molecular formula is C28H49NO5. The number of esters is 1. The highest BCUT2D eigenvalue weighted by Crippen LogP contribution is 2.22. The third kappa shape index (κ3) is 13.8. The zero-order valence-corrected chi connectivity index (χ0v) is 22.6. The molecule has 0 radical (unpaired) electrons. The number of carbonyl (C=O) groups excluding carboxylic acids is 2. The lowest BCUT2D eigenvalue weighted by Crippen LogP contribution is -2.28. The first-order chi connectivity index (χ1) is 16.2. The lowest BCUT2D eigenvalue weighted by atomic mass is 9.93. The monoisotopic (exact) mass is 479 g/mol. The van der Waals surface area contributed by atoms with Crippen LogP contribution in [0.4, 0.5) is 0 Å². The van der Waals surface area contributed by atoms with Crippen LogP contribution in [0.15, 0.2) is 16.5 Å². The van der Waals surface area contributed by atoms with Gasteiger partial charge in [0.15, 0.2) is 5.76 Å². The maximum atomic E-state index is 12.3. The van der Waals surface area contributed by atoms with Gasteiger partial charge in [-0.2, -0.15) is 0 Å². The number of ether oxygens (including phenoxy) is 2. The summed E-state index contributed by atoms with van der Waals surface area (Å²) in [6.07, 6.45) is 8.40. The Balaban J connectivity index is 2.21. The van der Waals surface area contributed by atoms with E-state index in [1.165, 1.54) is 38.5 Å². The molecule has 0 bridgehead atoms. The highest BCUT2D eigenvalue weighted by Gasteiger charge is 2.17. The summed E-state index contributed by atoms with van der Waals surface area (Å²) in [5.41, 5.74) is 0. The molecule has 2 unspecified atom stereocenters. The summed E-state index contributed by atoms with van der Waals surface area (Å²) in [5, 5.41) is 0. The minimum Gasteiger partial charge on any atom is -0.465 e. The number of carbonyl (C=O) groups is 2. The van der Waals surface area contributed by atoms with Gasteiger partial charge >= 0.3 is 5.97 Å². The first kappa shape index (κ1) is 30.2. The lowest BCUT2D eigenvalue weighted by molar-refractivity contribution is -0.142. The number of likely N-dealkylation sites (N-methyl/N-ethyl adjacent to an activating group) is 1. The first-order valence-corrected chi connectivity index (χ1v) is 13.4. The van der Waals surface area contributed by atoms with Crippen molar-refractivity contribution in [3.05, 3.63) is 17.9 Å². The van der Waals surface area contributed by atoms with E-state index in [0.29, 0.717) is 25.0 Å². The summed E-state index contributed by atoms with van der Waals surface area (Å²) in [7, 11) is 0. The van der Waals surface area contributed by atoms with Gasteiger partial charge in [-0.3, -0.25) is 9.59 Å². The number of hydrogen-bond donors (Lipinski definition) is 0. The summed E-state index contributed by atoms with van der Waals surface area (Å²) in [5.74, 6) is 1.74. The van der Waals surface area contributed by atoms with Gasteiger partial charge in [0.1, 0.15) is 13.0 Å². The van der Waals surface area contributed by atoms with Gasteiger partial charge in [0.25, 0.3) is 5.95 Å². The van der Waals surface area contributed by atoms with Gasteiger partial charge in [-0.05, 0) is 43.3 Å². The Hall–Kier alpha value is -1.82. The molecule has 6 heteroatoms. The fourth-order valence-corrected chi connectivity index (χ4v) is 3.98. The van der Waals surface area contributed by atoms with Gasteiger partial charge in [-0.1, -0.05) is 80.1 Å². The Labute approximate surface area is 207 Å². The zero-order chi connectivity index (χ0) is 25.3. The lowest BCUT2D eigenvalue weighted by Gasteiger charge is -2.17. The molecule has 0 aliphatic heterocycles. The van der Waals surface area contributed by atoms with E-state index in [9.17, 15) is 9.59 Å². The average molecular weight is 480 g/mol. The number of rotatable bonds is 20. The Morgan fingerprint density at radius 1 is 0.882 bits per heavy atom. The highest BCUT2D eigenvalue weighted by atomic mass is 16.6. The molecule has 0 N–H and O–H groups in total. The van der Waals surface area contributed by atoms with Crippen molar-refractivity contribution in [3.63, 3.8) is 0 Å². The molecule has 0 spiro atoms. The maximum absolute atomic E-state index is 12.3. The molecule has 1 aromatic rings. The molecule has 0 aromatic carbocycles. The van der Waals surface area contributed by atoms with E-state index in [0.717, 1.165) is 31.3 Å². The van der Waals surface area contributed by atoms with Crippen LogP contribution >= 0.6 is 0 Å². The van der Waals surface area contributed by atoms with Crippen molar-refractivity contribution in [2.45, 2.75) is 92.9 Å². The molecule has 0 aliphatic rings. The molecule has 0 aliphatic carbocycles. The van der Waals surface area contributed by atoms with Crippen LogP contribution in [-0.2, 0) is 9.53 Å². The van der Waals surface area contributed by atoms with Crippen LogP contribution in [-0.4, -0.2) is 49.5 Å². The van der Waals surface area contributed by atoms with Crippen molar-refractivity contribution in [1.29, 1.82) is 0 Å². The van der Waals surface area contributed by atoms with Crippen molar-refractivity contribution >= 4 is 11.8 Å². The zero-order valence-electron chi connectivity index (χ0n) is 22.6. The quantitative estimate of drug-likeness (QED) is 0.117. The highest BCUT2D eigenvalue weighted by molar-refractivity contribution is 6.04. The van der Waals surface area contributed by atoms with Crippen LogP contribution in [0.5, 0.6) is 5.95 Å². The summed E-state index contributed by atoms with van der Waals surface area (Å²) in [6.45, 7) is 16.6. The summed E-state index contributed by atoms with van der Waals surface area (Å²) < 4.78 is 16.3. The summed E-state index contributed by atoms with van der Waals surface area (Å²) in [4.78, 5) is 26.3. The predicted molar refractivity (Wildman–Crippen MR) is 137 cm³/mol. The third-order valence-electron chi connectivity index (χ3n) is 6.45. The van der Waals surface area contributed by atoms with Crippen LogP contribution in [0.1, 0.15) is 103 Å². The largest absolute Gasteiger partial charge is 0.465 e. The standard InChI is InChI=1S/C28H49NO5/c1-7-29(8-2)18-20-32-27(31)21-25(30)26-15-16-28(34-26)33-19-17-24(6)14-10-13-23(5)12-9-11-22(3)4/h15-16,22-24H,7-14,17-21H2,1-6H3. The molecule has 0 fully saturated rings. The number of nitrogens with zero attached hydrogens (tertiary/aromatic N) is 1. The third-order valence-corrected chi connectivity index (χ3v) is 6.45. The average Bonchev–Trinajstić information content (AvgIpc) is 3.25. The Morgan fingerprint density at radius 3 is 2.12 bits per heavy atom. The fraction of sp³-hybridized carbons (Fsp3) is 0.786. The summed E-state index contributed by atoms with van der Waals surface area (Å²) >= 11 is 0. The first-order valence-electron chi connectivity index (χ1n) is 13.4. The molecule has 0 saturated carbocycles. The second kappa shape index (κ2) is 17.6. The maximum Gasteiger partial charge on any atom is 0.313 e. The number of furan rings is 1. The number of ketones is 1. The van der Waals surface area contributed by atoms with E-state index in [4.69, 9.17) is 13.9 Å². The Bertz CT molecular complexity index is 680. The van der Waals surface area contributed by atoms with Crippen LogP contribution in [0, 0.1) is 17.8 Å². The molecule has 1 rings (SSSR count). The normalized spacial score (nSPS) is 13.3. The van der Waals surface area contributed by atoms with Crippen molar-refractivity contribution in [1.82, 2.24) is 4.90 Å². The Kier molecular flexibility index (Phi) is 15.6. The second-order valence-corrected chi connectivity index (χ2v) is 10.1. The van der Waals surface area contributed by atoms with Crippen molar-refractivity contribution < 1.29 is 23.5 Å². The molecule has 1 heterocycles. The van der Waals surface area contributed by atoms with Gasteiger partial charge < -0.3 is 18.8 Å². The molecule has 0 amide bonds. The second-order valence-electron chi connectivity index (χ2n) is 10.1. The van der Waals surface area contributed by atoms with Gasteiger partial charge in [0.05, 0.1) is 6.61 Å². The van der Waals surface area contributed by atoms with Gasteiger partial charge in [-0.25, -0.2) is 0 Å². The smallest absolute Gasteiger partial charge is 0.313 e. The van der Waals surface area contributed by atoms with Gasteiger partial charge in [0.2, 0.25) is 5.78 Å². The van der Waals surface area contributed by atoms with E-state index in [2.05, 4.69) is 46.4 Å². The van der Waals surface area contributed by atoms with E-state index < -0.39 is 11.8 Å².